The van der Waals surface area contributed by atoms with Crippen molar-refractivity contribution in [2.75, 3.05) is 19.8 Å². The van der Waals surface area contributed by atoms with E-state index < -0.39 is 86.8 Å². The van der Waals surface area contributed by atoms with Gasteiger partial charge in [-0.05, 0) is 12.8 Å². The molecule has 74 heavy (non-hydrogen) atoms. The molecule has 2 fully saturated rings. The van der Waals surface area contributed by atoms with Crippen molar-refractivity contribution in [2.45, 2.75) is 357 Å². The van der Waals surface area contributed by atoms with E-state index in [1.54, 1.807) is 0 Å². The molecule has 0 saturated carbocycles. The molecule has 14 heteroatoms. The number of amides is 1. The summed E-state index contributed by atoms with van der Waals surface area (Å²) < 4.78 is 22.9. The van der Waals surface area contributed by atoms with Crippen LogP contribution in [-0.4, -0.2) is 140 Å². The van der Waals surface area contributed by atoms with Crippen LogP contribution < -0.4 is 5.32 Å². The van der Waals surface area contributed by atoms with Gasteiger partial charge in [0.25, 0.3) is 0 Å². The fourth-order valence-corrected chi connectivity index (χ4v) is 10.8. The Morgan fingerprint density at radius 2 is 0.770 bits per heavy atom. The van der Waals surface area contributed by atoms with Crippen LogP contribution in [0.3, 0.4) is 0 Å². The summed E-state index contributed by atoms with van der Waals surface area (Å²) in [7, 11) is 0. The second-order valence-electron chi connectivity index (χ2n) is 22.6. The summed E-state index contributed by atoms with van der Waals surface area (Å²) in [6, 6.07) is -0.822. The molecule has 2 saturated heterocycles. The Kier molecular flexibility index (Phi) is 43.8. The van der Waals surface area contributed by atoms with Crippen LogP contribution in [0.4, 0.5) is 0 Å². The van der Waals surface area contributed by atoms with Gasteiger partial charge in [0.2, 0.25) is 5.91 Å². The van der Waals surface area contributed by atoms with Crippen LogP contribution >= 0.6 is 0 Å². The van der Waals surface area contributed by atoms with Gasteiger partial charge in [0.15, 0.2) is 12.6 Å². The Labute approximate surface area is 451 Å². The number of carbonyl (C=O) groups is 1. The average molecular weight is 1060 g/mol. The van der Waals surface area contributed by atoms with Crippen LogP contribution in [0.1, 0.15) is 284 Å². The predicted octanol–water partition coefficient (Wildman–Crippen LogP) is 10.9. The van der Waals surface area contributed by atoms with Crippen molar-refractivity contribution in [3.05, 3.63) is 0 Å². The van der Waals surface area contributed by atoms with E-state index in [4.69, 9.17) is 18.9 Å². The molecule has 0 spiro atoms. The summed E-state index contributed by atoms with van der Waals surface area (Å²) in [5.74, 6) is -0.200. The molecule has 2 aliphatic heterocycles. The van der Waals surface area contributed by atoms with Gasteiger partial charge in [-0.2, -0.15) is 0 Å². The molecular weight excluding hydrogens is 943 g/mol. The predicted molar refractivity (Wildman–Crippen MR) is 296 cm³/mol. The number of aliphatic hydroxyl groups is 8. The highest BCUT2D eigenvalue weighted by atomic mass is 16.7. The minimum Gasteiger partial charge on any atom is -0.394 e. The zero-order valence-corrected chi connectivity index (χ0v) is 47.4. The fraction of sp³-hybridized carbons (Fsp3) is 0.983. The van der Waals surface area contributed by atoms with E-state index in [0.29, 0.717) is 12.8 Å². The normalized spacial score (nSPS) is 25.1. The fourth-order valence-electron chi connectivity index (χ4n) is 10.8. The van der Waals surface area contributed by atoms with Gasteiger partial charge in [0.05, 0.1) is 32.0 Å². The number of unbranched alkanes of at least 4 members (excludes halogenated alkanes) is 38. The first kappa shape index (κ1) is 69.1. The first-order valence-corrected chi connectivity index (χ1v) is 31.3. The van der Waals surface area contributed by atoms with Crippen LogP contribution in [0, 0.1) is 0 Å². The maximum absolute atomic E-state index is 13.3. The quantitative estimate of drug-likeness (QED) is 0.0259. The standard InChI is InChI=1S/C60H117NO13/c1-3-5-7-9-11-13-15-17-19-20-21-22-23-24-25-26-27-28-30-31-33-35-37-39-41-43-49(64)48(61-52(65)44-42-40-38-36-34-32-29-18-16-14-12-10-8-6-4-2)47-71-59-57(70)55(68)58(51(46-63)73-59)74-60-56(69)54(67)53(66)50(45-62)72-60/h48-51,53-60,62-64,66-70H,3-47H2,1-2H3,(H,61,65). The highest BCUT2D eigenvalue weighted by Gasteiger charge is 2.51. The van der Waals surface area contributed by atoms with Crippen LogP contribution in [-0.2, 0) is 23.7 Å². The van der Waals surface area contributed by atoms with Crippen molar-refractivity contribution >= 4 is 5.91 Å². The molecule has 12 atom stereocenters. The van der Waals surface area contributed by atoms with Gasteiger partial charge in [-0.25, -0.2) is 0 Å². The minimum atomic E-state index is -1.78. The maximum atomic E-state index is 13.3. The molecule has 0 aromatic rings. The summed E-state index contributed by atoms with van der Waals surface area (Å²) in [6.45, 7) is 2.90. The van der Waals surface area contributed by atoms with Crippen molar-refractivity contribution in [1.29, 1.82) is 0 Å². The first-order valence-electron chi connectivity index (χ1n) is 31.3. The molecule has 1 amide bonds. The molecule has 14 nitrogen and oxygen atoms in total. The largest absolute Gasteiger partial charge is 0.394 e. The smallest absolute Gasteiger partial charge is 0.220 e. The number of nitrogens with one attached hydrogen (secondary N) is 1. The lowest BCUT2D eigenvalue weighted by Gasteiger charge is -2.46. The monoisotopic (exact) mass is 1060 g/mol. The van der Waals surface area contributed by atoms with E-state index >= 15 is 0 Å². The van der Waals surface area contributed by atoms with E-state index in [1.807, 2.05) is 0 Å². The van der Waals surface area contributed by atoms with Crippen LogP contribution in [0.2, 0.25) is 0 Å². The Balaban J connectivity index is 1.70. The molecule has 0 aromatic carbocycles. The minimum absolute atomic E-state index is 0.200. The van der Waals surface area contributed by atoms with Gasteiger partial charge >= 0.3 is 0 Å². The molecule has 2 heterocycles. The zero-order chi connectivity index (χ0) is 53.9. The highest BCUT2D eigenvalue weighted by Crippen LogP contribution is 2.30. The molecule has 9 N–H and O–H groups in total. The SMILES string of the molecule is CCCCCCCCCCCCCCCCCCCCCCCCCCCC(O)C(COC1OC(CO)C(OC2OC(CO)C(O)C(O)C2O)C(O)C1O)NC(=O)CCCCCCCCCCCCCCCCC. The molecule has 0 aliphatic carbocycles. The third kappa shape index (κ3) is 32.2. The lowest BCUT2D eigenvalue weighted by Crippen LogP contribution is -2.65. The van der Waals surface area contributed by atoms with E-state index in [0.717, 1.165) is 51.4 Å². The summed E-state index contributed by atoms with van der Waals surface area (Å²) in [5, 5.41) is 87.3. The second-order valence-corrected chi connectivity index (χ2v) is 22.6. The van der Waals surface area contributed by atoms with Crippen molar-refractivity contribution in [3.63, 3.8) is 0 Å². The maximum Gasteiger partial charge on any atom is 0.220 e. The average Bonchev–Trinajstić information content (AvgIpc) is 3.40. The Morgan fingerprint density at radius 1 is 0.432 bits per heavy atom. The van der Waals surface area contributed by atoms with Crippen LogP contribution in [0.25, 0.3) is 0 Å². The van der Waals surface area contributed by atoms with Crippen molar-refractivity contribution in [1.82, 2.24) is 5.32 Å². The van der Waals surface area contributed by atoms with E-state index in [9.17, 15) is 45.6 Å². The molecular formula is C60H117NO13. The van der Waals surface area contributed by atoms with Crippen LogP contribution in [0.15, 0.2) is 0 Å². The molecule has 0 bridgehead atoms. The number of carbonyl (C=O) groups excluding carboxylic acids is 1. The van der Waals surface area contributed by atoms with E-state index in [1.165, 1.54) is 205 Å². The summed E-state index contributed by atoms with van der Waals surface area (Å²) in [4.78, 5) is 13.3. The molecule has 0 radical (unpaired) electrons. The molecule has 12 unspecified atom stereocenters. The number of aliphatic hydroxyl groups excluding tert-OH is 8. The lowest BCUT2D eigenvalue weighted by molar-refractivity contribution is -0.359. The van der Waals surface area contributed by atoms with Gasteiger partial charge < -0.3 is 65.1 Å². The Hall–Kier alpha value is -1.01. The van der Waals surface area contributed by atoms with Gasteiger partial charge in [0, 0.05) is 6.42 Å². The number of hydrogen-bond acceptors (Lipinski definition) is 13. The topological polar surface area (TPSA) is 228 Å². The van der Waals surface area contributed by atoms with Crippen molar-refractivity contribution < 1.29 is 64.6 Å². The third-order valence-electron chi connectivity index (χ3n) is 15.8. The number of ether oxygens (including phenoxy) is 4. The Morgan fingerprint density at radius 3 is 1.15 bits per heavy atom. The van der Waals surface area contributed by atoms with E-state index in [2.05, 4.69) is 19.2 Å². The van der Waals surface area contributed by atoms with Gasteiger partial charge in [-0.1, -0.05) is 264 Å². The summed E-state index contributed by atoms with van der Waals surface area (Å²) >= 11 is 0. The molecule has 0 aromatic heterocycles. The molecule has 440 valence electrons. The third-order valence-corrected chi connectivity index (χ3v) is 15.8. The highest BCUT2D eigenvalue weighted by molar-refractivity contribution is 5.76. The number of rotatable bonds is 51. The molecule has 2 aliphatic rings. The number of hydrogen-bond donors (Lipinski definition) is 9. The van der Waals surface area contributed by atoms with Crippen LogP contribution in [0.5, 0.6) is 0 Å². The second kappa shape index (κ2) is 46.9. The van der Waals surface area contributed by atoms with Gasteiger partial charge in [-0.15, -0.1) is 0 Å². The zero-order valence-electron chi connectivity index (χ0n) is 47.4. The lowest BCUT2D eigenvalue weighted by atomic mass is 9.97. The summed E-state index contributed by atoms with van der Waals surface area (Å²) in [6.07, 6.45) is 35.4. The van der Waals surface area contributed by atoms with Gasteiger partial charge in [0.1, 0.15) is 48.8 Å². The summed E-state index contributed by atoms with van der Waals surface area (Å²) in [5.41, 5.74) is 0. The first-order chi connectivity index (χ1) is 36.1. The van der Waals surface area contributed by atoms with Crippen molar-refractivity contribution in [3.8, 4) is 0 Å². The van der Waals surface area contributed by atoms with Gasteiger partial charge in [-0.3, -0.25) is 4.79 Å². The van der Waals surface area contributed by atoms with Crippen molar-refractivity contribution in [2.24, 2.45) is 0 Å². The Bertz CT molecular complexity index is 1250. The van der Waals surface area contributed by atoms with E-state index in [-0.39, 0.29) is 12.5 Å². The molecule has 2 rings (SSSR count).